The Balaban J connectivity index is 1.57. The van der Waals surface area contributed by atoms with Gasteiger partial charge in [0, 0.05) is 5.39 Å². The molecule has 0 fully saturated rings. The largest absolute Gasteiger partial charge is 0.491 e. The van der Waals surface area contributed by atoms with E-state index >= 15 is 0 Å². The second-order valence-corrected chi connectivity index (χ2v) is 5.31. The quantitative estimate of drug-likeness (QED) is 0.575. The number of para-hydroxylation sites is 2. The van der Waals surface area contributed by atoms with E-state index in [9.17, 15) is 4.79 Å². The lowest BCUT2D eigenvalue weighted by molar-refractivity contribution is 0.297. The van der Waals surface area contributed by atoms with Crippen LogP contribution in [0, 0.1) is 0 Å². The molecule has 0 aliphatic rings. The summed E-state index contributed by atoms with van der Waals surface area (Å²) in [4.78, 5) is 11.9. The van der Waals surface area contributed by atoms with Gasteiger partial charge in [0.15, 0.2) is 5.58 Å². The molecule has 0 saturated heterocycles. The summed E-state index contributed by atoms with van der Waals surface area (Å²) < 4.78 is 12.7. The molecule has 0 N–H and O–H groups in total. The molecule has 0 radical (unpaired) electrons. The fraction of sp³-hybridized carbons (Fsp3) is 0.105. The van der Waals surface area contributed by atoms with E-state index in [4.69, 9.17) is 9.15 Å². The normalized spacial score (nSPS) is 11.1. The molecule has 4 heteroatoms. The van der Waals surface area contributed by atoms with Crippen LogP contribution in [0.1, 0.15) is 0 Å². The van der Waals surface area contributed by atoms with Crippen LogP contribution in [0.3, 0.4) is 0 Å². The Morgan fingerprint density at radius 1 is 0.913 bits per heavy atom. The molecule has 0 bridgehead atoms. The van der Waals surface area contributed by atoms with Gasteiger partial charge in [-0.25, -0.2) is 4.79 Å². The number of hydrogen-bond acceptors (Lipinski definition) is 3. The van der Waals surface area contributed by atoms with E-state index in [-0.39, 0.29) is 5.76 Å². The van der Waals surface area contributed by atoms with Gasteiger partial charge in [-0.1, -0.05) is 48.5 Å². The van der Waals surface area contributed by atoms with Gasteiger partial charge in [0.05, 0.1) is 12.1 Å². The average molecular weight is 305 g/mol. The smallest absolute Gasteiger partial charge is 0.420 e. The lowest BCUT2D eigenvalue weighted by Gasteiger charge is -2.09. The van der Waals surface area contributed by atoms with Crippen LogP contribution in [0.4, 0.5) is 0 Å². The van der Waals surface area contributed by atoms with Crippen LogP contribution in [-0.4, -0.2) is 11.2 Å². The molecule has 1 aromatic heterocycles. The second kappa shape index (κ2) is 5.65. The second-order valence-electron chi connectivity index (χ2n) is 5.31. The van der Waals surface area contributed by atoms with Crippen LogP contribution in [0.25, 0.3) is 21.9 Å². The first-order valence-corrected chi connectivity index (χ1v) is 7.52. The standard InChI is InChI=1S/C19H15NO3/c21-19-20(16-9-3-4-10-18(16)23-19)12-13-22-17-11-5-7-14-6-1-2-8-15(14)17/h1-11H,12-13H2. The first-order valence-electron chi connectivity index (χ1n) is 7.52. The highest BCUT2D eigenvalue weighted by Crippen LogP contribution is 2.25. The molecule has 0 amide bonds. The molecule has 0 atom stereocenters. The highest BCUT2D eigenvalue weighted by atomic mass is 16.5. The van der Waals surface area contributed by atoms with Gasteiger partial charge < -0.3 is 9.15 Å². The maximum Gasteiger partial charge on any atom is 0.420 e. The van der Waals surface area contributed by atoms with Crippen molar-refractivity contribution in [3.8, 4) is 5.75 Å². The number of oxazole rings is 1. The van der Waals surface area contributed by atoms with Crippen LogP contribution < -0.4 is 10.5 Å². The maximum absolute atomic E-state index is 11.9. The Morgan fingerprint density at radius 3 is 2.65 bits per heavy atom. The predicted octanol–water partition coefficient (Wildman–Crippen LogP) is 3.83. The molecule has 114 valence electrons. The van der Waals surface area contributed by atoms with Crippen molar-refractivity contribution >= 4 is 21.9 Å². The Labute approximate surface area is 132 Å². The summed E-state index contributed by atoms with van der Waals surface area (Å²) in [5, 5.41) is 2.20. The van der Waals surface area contributed by atoms with Gasteiger partial charge >= 0.3 is 5.76 Å². The molecule has 3 aromatic carbocycles. The summed E-state index contributed by atoms with van der Waals surface area (Å²) >= 11 is 0. The fourth-order valence-corrected chi connectivity index (χ4v) is 2.79. The number of ether oxygens (including phenoxy) is 1. The molecule has 0 saturated carbocycles. The lowest BCUT2D eigenvalue weighted by atomic mass is 10.1. The molecular formula is C19H15NO3. The molecule has 0 spiro atoms. The van der Waals surface area contributed by atoms with Gasteiger partial charge in [0.2, 0.25) is 0 Å². The first-order chi connectivity index (χ1) is 11.3. The third kappa shape index (κ3) is 2.48. The summed E-state index contributed by atoms with van der Waals surface area (Å²) in [6.45, 7) is 0.844. The average Bonchev–Trinajstić information content (AvgIpc) is 2.91. The van der Waals surface area contributed by atoms with Gasteiger partial charge in [-0.05, 0) is 23.6 Å². The van der Waals surface area contributed by atoms with E-state index in [0.717, 1.165) is 22.0 Å². The maximum atomic E-state index is 11.9. The summed E-state index contributed by atoms with van der Waals surface area (Å²) in [7, 11) is 0. The summed E-state index contributed by atoms with van der Waals surface area (Å²) in [6, 6.07) is 21.4. The zero-order valence-electron chi connectivity index (χ0n) is 12.4. The molecule has 4 aromatic rings. The van der Waals surface area contributed by atoms with Crippen molar-refractivity contribution in [2.75, 3.05) is 6.61 Å². The number of nitrogens with zero attached hydrogens (tertiary/aromatic N) is 1. The van der Waals surface area contributed by atoms with Crippen molar-refractivity contribution in [3.05, 3.63) is 77.3 Å². The van der Waals surface area contributed by atoms with Crippen molar-refractivity contribution in [1.82, 2.24) is 4.57 Å². The fourth-order valence-electron chi connectivity index (χ4n) is 2.79. The molecule has 23 heavy (non-hydrogen) atoms. The van der Waals surface area contributed by atoms with E-state index < -0.39 is 0 Å². The van der Waals surface area contributed by atoms with Crippen molar-refractivity contribution in [3.63, 3.8) is 0 Å². The number of aromatic nitrogens is 1. The van der Waals surface area contributed by atoms with Crippen LogP contribution in [0.15, 0.2) is 75.9 Å². The number of rotatable bonds is 4. The highest BCUT2D eigenvalue weighted by molar-refractivity contribution is 5.88. The van der Waals surface area contributed by atoms with E-state index in [0.29, 0.717) is 18.7 Å². The molecular weight excluding hydrogens is 290 g/mol. The van der Waals surface area contributed by atoms with Crippen molar-refractivity contribution in [2.24, 2.45) is 0 Å². The number of hydrogen-bond donors (Lipinski definition) is 0. The molecule has 0 aliphatic heterocycles. The highest BCUT2D eigenvalue weighted by Gasteiger charge is 2.08. The van der Waals surface area contributed by atoms with E-state index in [1.54, 1.807) is 10.6 Å². The minimum absolute atomic E-state index is 0.354. The Morgan fingerprint density at radius 2 is 1.70 bits per heavy atom. The predicted molar refractivity (Wildman–Crippen MR) is 89.9 cm³/mol. The third-order valence-electron chi connectivity index (χ3n) is 3.90. The van der Waals surface area contributed by atoms with Crippen LogP contribution >= 0.6 is 0 Å². The van der Waals surface area contributed by atoms with Gasteiger partial charge in [-0.3, -0.25) is 4.57 Å². The van der Waals surface area contributed by atoms with Crippen LogP contribution in [0.2, 0.25) is 0 Å². The monoisotopic (exact) mass is 305 g/mol. The van der Waals surface area contributed by atoms with Gasteiger partial charge in [0.25, 0.3) is 0 Å². The summed E-state index contributed by atoms with van der Waals surface area (Å²) in [6.07, 6.45) is 0. The SMILES string of the molecule is O=c1oc2ccccc2n1CCOc1cccc2ccccc12. The van der Waals surface area contributed by atoms with Gasteiger partial charge in [-0.2, -0.15) is 0 Å². The number of benzene rings is 3. The minimum Gasteiger partial charge on any atom is -0.491 e. The Hall–Kier alpha value is -3.01. The van der Waals surface area contributed by atoms with Gasteiger partial charge in [0.1, 0.15) is 12.4 Å². The molecule has 0 unspecified atom stereocenters. The van der Waals surface area contributed by atoms with Gasteiger partial charge in [-0.15, -0.1) is 0 Å². The lowest BCUT2D eigenvalue weighted by Crippen LogP contribution is -2.18. The van der Waals surface area contributed by atoms with Crippen LogP contribution in [-0.2, 0) is 6.54 Å². The van der Waals surface area contributed by atoms with E-state index in [1.165, 1.54) is 0 Å². The molecule has 4 nitrogen and oxygen atoms in total. The van der Waals surface area contributed by atoms with Crippen molar-refractivity contribution in [1.29, 1.82) is 0 Å². The zero-order chi connectivity index (χ0) is 15.6. The van der Waals surface area contributed by atoms with Crippen molar-refractivity contribution in [2.45, 2.75) is 6.54 Å². The Kier molecular flexibility index (Phi) is 3.35. The third-order valence-corrected chi connectivity index (χ3v) is 3.90. The molecule has 1 heterocycles. The minimum atomic E-state index is -0.354. The topological polar surface area (TPSA) is 44.4 Å². The van der Waals surface area contributed by atoms with Crippen molar-refractivity contribution < 1.29 is 9.15 Å². The zero-order valence-corrected chi connectivity index (χ0v) is 12.4. The summed E-state index contributed by atoms with van der Waals surface area (Å²) in [5.74, 6) is 0.469. The number of fused-ring (bicyclic) bond motifs is 2. The molecule has 4 rings (SSSR count). The Bertz CT molecular complexity index is 1020. The first kappa shape index (κ1) is 13.6. The van der Waals surface area contributed by atoms with E-state index in [2.05, 4.69) is 12.1 Å². The van der Waals surface area contributed by atoms with Crippen LogP contribution in [0.5, 0.6) is 5.75 Å². The molecule has 0 aliphatic carbocycles. The van der Waals surface area contributed by atoms with E-state index in [1.807, 2.05) is 48.5 Å². The summed E-state index contributed by atoms with van der Waals surface area (Å²) in [5.41, 5.74) is 1.39.